The summed E-state index contributed by atoms with van der Waals surface area (Å²) >= 11 is 0. The number of amides is 2. The van der Waals surface area contributed by atoms with Crippen LogP contribution in [-0.2, 0) is 9.53 Å². The van der Waals surface area contributed by atoms with E-state index in [1.54, 1.807) is 39.0 Å². The molecule has 2 amide bonds. The number of rotatable bonds is 10. The van der Waals surface area contributed by atoms with E-state index in [0.717, 1.165) is 5.57 Å². The van der Waals surface area contributed by atoms with Crippen LogP contribution >= 0.6 is 0 Å². The first-order valence-corrected chi connectivity index (χ1v) is 10.5. The van der Waals surface area contributed by atoms with Crippen molar-refractivity contribution >= 4 is 12.0 Å². The Morgan fingerprint density at radius 3 is 1.90 bits per heavy atom. The minimum absolute atomic E-state index is 0.268. The van der Waals surface area contributed by atoms with E-state index in [-0.39, 0.29) is 12.5 Å². The van der Waals surface area contributed by atoms with Gasteiger partial charge in [-0.2, -0.15) is 0 Å². The SMILES string of the molecule is C=CC(=O)N(C=C)/C(C=C)=C/C=C(\C=C)CC(CO)NC(=O)OC(C)(C)C.CC.CC. The van der Waals surface area contributed by atoms with Gasteiger partial charge in [-0.3, -0.25) is 9.69 Å². The van der Waals surface area contributed by atoms with E-state index in [4.69, 9.17) is 4.74 Å². The number of nitrogens with one attached hydrogen (secondary N) is 1. The molecule has 0 aliphatic heterocycles. The highest BCUT2D eigenvalue weighted by Gasteiger charge is 2.19. The molecule has 6 heteroatoms. The highest BCUT2D eigenvalue weighted by molar-refractivity contribution is 5.89. The summed E-state index contributed by atoms with van der Waals surface area (Å²) in [6.45, 7) is 27.5. The van der Waals surface area contributed by atoms with Crippen LogP contribution in [0.25, 0.3) is 0 Å². The number of allylic oxidation sites excluding steroid dienone is 4. The molecule has 0 aromatic carbocycles. The maximum absolute atomic E-state index is 11.9. The second-order valence-electron chi connectivity index (χ2n) is 6.57. The van der Waals surface area contributed by atoms with Gasteiger partial charge in [0, 0.05) is 11.9 Å². The average molecular weight is 435 g/mol. The number of ether oxygens (including phenoxy) is 1. The molecule has 1 unspecified atom stereocenters. The van der Waals surface area contributed by atoms with Gasteiger partial charge in [-0.15, -0.1) is 0 Å². The summed E-state index contributed by atoms with van der Waals surface area (Å²) in [6, 6.07) is -0.546. The lowest BCUT2D eigenvalue weighted by Gasteiger charge is -2.23. The number of carbonyl (C=O) groups is 2. The summed E-state index contributed by atoms with van der Waals surface area (Å²) in [7, 11) is 0. The van der Waals surface area contributed by atoms with Crippen molar-refractivity contribution in [2.75, 3.05) is 6.61 Å². The summed E-state index contributed by atoms with van der Waals surface area (Å²) in [5.41, 5.74) is 0.601. The third-order valence-corrected chi connectivity index (χ3v) is 3.24. The predicted octanol–water partition coefficient (Wildman–Crippen LogP) is 5.65. The Kier molecular flexibility index (Phi) is 20.2. The lowest BCUT2D eigenvalue weighted by Crippen LogP contribution is -2.41. The maximum Gasteiger partial charge on any atom is 0.407 e. The topological polar surface area (TPSA) is 78.9 Å². The molecule has 0 aromatic heterocycles. The van der Waals surface area contributed by atoms with Crippen LogP contribution in [-0.4, -0.2) is 40.3 Å². The smallest absolute Gasteiger partial charge is 0.407 e. The number of aliphatic hydroxyl groups is 1. The number of alkyl carbamates (subject to hydrolysis) is 1. The van der Waals surface area contributed by atoms with E-state index in [2.05, 4.69) is 31.6 Å². The van der Waals surface area contributed by atoms with E-state index in [9.17, 15) is 14.7 Å². The summed E-state index contributed by atoms with van der Waals surface area (Å²) < 4.78 is 5.19. The van der Waals surface area contributed by atoms with Crippen LogP contribution in [0, 0.1) is 0 Å². The molecule has 0 radical (unpaired) electrons. The highest BCUT2D eigenvalue weighted by Crippen LogP contribution is 2.13. The molecule has 0 saturated carbocycles. The highest BCUT2D eigenvalue weighted by atomic mass is 16.6. The van der Waals surface area contributed by atoms with E-state index in [0.29, 0.717) is 12.1 Å². The Labute approximate surface area is 189 Å². The zero-order valence-corrected chi connectivity index (χ0v) is 20.4. The van der Waals surface area contributed by atoms with Crippen molar-refractivity contribution in [1.82, 2.24) is 10.2 Å². The maximum atomic E-state index is 11.9. The molecule has 176 valence electrons. The second-order valence-corrected chi connectivity index (χ2v) is 6.57. The second kappa shape index (κ2) is 19.1. The van der Waals surface area contributed by atoms with Crippen molar-refractivity contribution in [2.24, 2.45) is 0 Å². The molecule has 0 bridgehead atoms. The summed E-state index contributed by atoms with van der Waals surface area (Å²) in [6.07, 6.45) is 8.73. The molecule has 0 fully saturated rings. The van der Waals surface area contributed by atoms with Crippen LogP contribution in [0.15, 0.2) is 74.2 Å². The van der Waals surface area contributed by atoms with Gasteiger partial charge in [-0.1, -0.05) is 66.2 Å². The van der Waals surface area contributed by atoms with Crippen LogP contribution < -0.4 is 5.32 Å². The van der Waals surface area contributed by atoms with Gasteiger partial charge in [-0.25, -0.2) is 4.79 Å². The predicted molar refractivity (Wildman–Crippen MR) is 131 cm³/mol. The molecule has 0 rings (SSSR count). The third-order valence-electron chi connectivity index (χ3n) is 3.24. The molecule has 0 spiro atoms. The average Bonchev–Trinajstić information content (AvgIpc) is 2.75. The monoisotopic (exact) mass is 434 g/mol. The van der Waals surface area contributed by atoms with Gasteiger partial charge in [0.2, 0.25) is 0 Å². The van der Waals surface area contributed by atoms with Gasteiger partial charge in [0.25, 0.3) is 5.91 Å². The van der Waals surface area contributed by atoms with E-state index in [1.165, 1.54) is 23.3 Å². The summed E-state index contributed by atoms with van der Waals surface area (Å²) in [4.78, 5) is 25.0. The van der Waals surface area contributed by atoms with Crippen molar-refractivity contribution in [3.8, 4) is 0 Å². The summed E-state index contributed by atoms with van der Waals surface area (Å²) in [5, 5.41) is 12.1. The van der Waals surface area contributed by atoms with Crippen molar-refractivity contribution < 1.29 is 19.4 Å². The van der Waals surface area contributed by atoms with E-state index in [1.807, 2.05) is 27.7 Å². The van der Waals surface area contributed by atoms with Crippen molar-refractivity contribution in [3.63, 3.8) is 0 Å². The lowest BCUT2D eigenvalue weighted by atomic mass is 10.1. The van der Waals surface area contributed by atoms with Gasteiger partial charge in [0.1, 0.15) is 5.60 Å². The van der Waals surface area contributed by atoms with E-state index < -0.39 is 17.7 Å². The molecular weight excluding hydrogens is 392 g/mol. The summed E-state index contributed by atoms with van der Waals surface area (Å²) in [5.74, 6) is -0.343. The van der Waals surface area contributed by atoms with Gasteiger partial charge >= 0.3 is 6.09 Å². The zero-order valence-electron chi connectivity index (χ0n) is 20.4. The van der Waals surface area contributed by atoms with Crippen LogP contribution in [0.3, 0.4) is 0 Å². The molecule has 0 saturated heterocycles. The van der Waals surface area contributed by atoms with Gasteiger partial charge in [0.15, 0.2) is 0 Å². The van der Waals surface area contributed by atoms with Crippen molar-refractivity contribution in [3.05, 3.63) is 74.2 Å². The number of nitrogens with zero attached hydrogens (tertiary/aromatic N) is 1. The first-order valence-electron chi connectivity index (χ1n) is 10.5. The minimum Gasteiger partial charge on any atom is -0.444 e. The Bertz CT molecular complexity index is 640. The molecule has 1 atom stereocenters. The molecule has 0 heterocycles. The van der Waals surface area contributed by atoms with Gasteiger partial charge in [-0.05, 0) is 51.0 Å². The number of hydrogen-bond acceptors (Lipinski definition) is 4. The Balaban J connectivity index is -0.00000184. The van der Waals surface area contributed by atoms with Crippen LogP contribution in [0.5, 0.6) is 0 Å². The number of aliphatic hydroxyl groups excluding tert-OH is 1. The van der Waals surface area contributed by atoms with E-state index >= 15 is 0 Å². The first-order chi connectivity index (χ1) is 14.6. The molecule has 0 aliphatic carbocycles. The Morgan fingerprint density at radius 1 is 1.00 bits per heavy atom. The molecule has 0 aromatic rings. The minimum atomic E-state index is -0.630. The fourth-order valence-electron chi connectivity index (χ4n) is 2.00. The third kappa shape index (κ3) is 15.6. The molecular formula is C25H42N2O4. The normalized spacial score (nSPS) is 11.9. The number of carbonyl (C=O) groups excluding carboxylic acids is 2. The largest absolute Gasteiger partial charge is 0.444 e. The Morgan fingerprint density at radius 2 is 1.55 bits per heavy atom. The fourth-order valence-corrected chi connectivity index (χ4v) is 2.00. The van der Waals surface area contributed by atoms with Gasteiger partial charge in [0.05, 0.1) is 12.6 Å². The fraction of sp³-hybridized carbons (Fsp3) is 0.440. The van der Waals surface area contributed by atoms with Crippen LogP contribution in [0.2, 0.25) is 0 Å². The van der Waals surface area contributed by atoms with Crippen LogP contribution in [0.1, 0.15) is 54.9 Å². The lowest BCUT2D eigenvalue weighted by molar-refractivity contribution is -0.121. The number of hydrogen-bond donors (Lipinski definition) is 2. The van der Waals surface area contributed by atoms with Crippen LogP contribution in [0.4, 0.5) is 4.79 Å². The molecule has 0 aliphatic rings. The standard InChI is InChI=1S/C21H30N2O4.2C2H6/c1-8-16(12-13-18(9-2)23(11-4)19(25)10-3)14-17(15-24)22-20(26)27-21(5,6)7;2*1-2/h8-13,17,24H,1-4,14-15H2,5-7H3,(H,22,26);2*1-2H3/b16-12+,18-13+;;. The van der Waals surface area contributed by atoms with Crippen molar-refractivity contribution in [2.45, 2.75) is 66.5 Å². The van der Waals surface area contributed by atoms with Gasteiger partial charge < -0.3 is 15.2 Å². The Hall–Kier alpha value is -2.86. The molecule has 2 N–H and O–H groups in total. The zero-order chi connectivity index (χ0) is 25.0. The first kappa shape index (κ1) is 32.8. The van der Waals surface area contributed by atoms with Crippen molar-refractivity contribution in [1.29, 1.82) is 0 Å². The molecule has 6 nitrogen and oxygen atoms in total. The quantitative estimate of drug-likeness (QED) is 0.344. The molecule has 31 heavy (non-hydrogen) atoms.